The highest BCUT2D eigenvalue weighted by atomic mass is 35.5. The Balaban J connectivity index is 2.01. The number of esters is 2. The largest absolute Gasteiger partial charge is 0.458 e. The number of carbonyl (C=O) groups excluding carboxylic acids is 2. The molecule has 1 saturated heterocycles. The molecule has 0 bridgehead atoms. The van der Waals surface area contributed by atoms with Crippen LogP contribution < -0.4 is 0 Å². The molecule has 3 rings (SSSR count). The molecule has 1 heterocycles. The summed E-state index contributed by atoms with van der Waals surface area (Å²) in [7, 11) is 0. The molecule has 1 aliphatic heterocycles. The van der Waals surface area contributed by atoms with E-state index in [1.807, 2.05) is 0 Å². The van der Waals surface area contributed by atoms with E-state index in [1.165, 1.54) is 6.08 Å². The standard InChI is InChI=1S/C20H25ClO7/c1-4-11(7-22)19(25)27-13-5-9(2)12-6-14(23)20(26,8-21)16(12)17-15(13)10(3)18(24)28-17/h4,12-17,22-23,26H,2-3,5-8H2,1H3. The summed E-state index contributed by atoms with van der Waals surface area (Å²) in [6.07, 6.45) is -0.852. The molecule has 0 aromatic rings. The molecule has 28 heavy (non-hydrogen) atoms. The Bertz CT molecular complexity index is 745. The molecule has 0 aromatic carbocycles. The van der Waals surface area contributed by atoms with Gasteiger partial charge in [0, 0.05) is 17.9 Å². The van der Waals surface area contributed by atoms with Crippen molar-refractivity contribution in [2.75, 3.05) is 12.5 Å². The Hall–Kier alpha value is -1.67. The molecule has 3 N–H and O–H groups in total. The van der Waals surface area contributed by atoms with E-state index in [-0.39, 0.29) is 35.8 Å². The Kier molecular flexibility index (Phi) is 5.74. The number of hydrogen-bond donors (Lipinski definition) is 3. The molecule has 7 atom stereocenters. The number of aliphatic hydroxyl groups is 3. The van der Waals surface area contributed by atoms with Gasteiger partial charge in [-0.2, -0.15) is 0 Å². The summed E-state index contributed by atoms with van der Waals surface area (Å²) in [6, 6.07) is 0. The zero-order valence-electron chi connectivity index (χ0n) is 15.6. The van der Waals surface area contributed by atoms with Crippen LogP contribution in [0.2, 0.25) is 0 Å². The number of aliphatic hydroxyl groups excluding tert-OH is 2. The smallest absolute Gasteiger partial charge is 0.336 e. The predicted molar refractivity (Wildman–Crippen MR) is 100 cm³/mol. The molecule has 0 aromatic heterocycles. The zero-order chi connectivity index (χ0) is 20.8. The van der Waals surface area contributed by atoms with Crippen molar-refractivity contribution >= 4 is 23.5 Å². The molecular weight excluding hydrogens is 388 g/mol. The first-order valence-electron chi connectivity index (χ1n) is 9.20. The lowest BCUT2D eigenvalue weighted by atomic mass is 9.76. The van der Waals surface area contributed by atoms with Gasteiger partial charge in [0.05, 0.1) is 30.1 Å². The third-order valence-corrected chi connectivity index (χ3v) is 6.75. The minimum atomic E-state index is -1.67. The number of alkyl halides is 1. The number of rotatable bonds is 4. The Labute approximate surface area is 168 Å². The fraction of sp³-hybridized carbons (Fsp3) is 0.600. The van der Waals surface area contributed by atoms with Crippen LogP contribution in [0.3, 0.4) is 0 Å². The van der Waals surface area contributed by atoms with Gasteiger partial charge in [0.1, 0.15) is 17.8 Å². The highest BCUT2D eigenvalue weighted by Gasteiger charge is 2.64. The number of fused-ring (bicyclic) bond motifs is 3. The second-order valence-electron chi connectivity index (χ2n) is 7.71. The second-order valence-corrected chi connectivity index (χ2v) is 7.98. The van der Waals surface area contributed by atoms with Gasteiger partial charge in [-0.3, -0.25) is 0 Å². The Morgan fingerprint density at radius 1 is 1.46 bits per heavy atom. The maximum Gasteiger partial charge on any atom is 0.336 e. The molecular formula is C20H25ClO7. The number of halogens is 1. The van der Waals surface area contributed by atoms with Crippen LogP contribution in [0.1, 0.15) is 19.8 Å². The maximum atomic E-state index is 12.4. The van der Waals surface area contributed by atoms with Crippen LogP contribution in [0, 0.1) is 17.8 Å². The van der Waals surface area contributed by atoms with Crippen LogP contribution >= 0.6 is 11.6 Å². The van der Waals surface area contributed by atoms with Crippen molar-refractivity contribution in [3.05, 3.63) is 36.0 Å². The first kappa shape index (κ1) is 21.0. The molecule has 2 saturated carbocycles. The van der Waals surface area contributed by atoms with Gasteiger partial charge in [0.2, 0.25) is 0 Å². The van der Waals surface area contributed by atoms with Gasteiger partial charge in [-0.25, -0.2) is 9.59 Å². The highest BCUT2D eigenvalue weighted by molar-refractivity contribution is 6.18. The Morgan fingerprint density at radius 3 is 2.71 bits per heavy atom. The van der Waals surface area contributed by atoms with Crippen LogP contribution in [0.5, 0.6) is 0 Å². The summed E-state index contributed by atoms with van der Waals surface area (Å²) in [5.41, 5.74) is -0.760. The summed E-state index contributed by atoms with van der Waals surface area (Å²) in [5.74, 6) is -3.33. The lowest BCUT2D eigenvalue weighted by Gasteiger charge is -2.37. The van der Waals surface area contributed by atoms with Crippen LogP contribution in [-0.4, -0.2) is 63.7 Å². The van der Waals surface area contributed by atoms with Crippen LogP contribution in [0.15, 0.2) is 36.0 Å². The normalized spacial score (nSPS) is 40.6. The summed E-state index contributed by atoms with van der Waals surface area (Å²) >= 11 is 6.00. The Morgan fingerprint density at radius 2 is 2.14 bits per heavy atom. The first-order valence-corrected chi connectivity index (χ1v) is 9.73. The fourth-order valence-electron chi connectivity index (χ4n) is 4.75. The number of carbonyl (C=O) groups is 2. The van der Waals surface area contributed by atoms with Crippen molar-refractivity contribution in [1.82, 2.24) is 0 Å². The van der Waals surface area contributed by atoms with Crippen LogP contribution in [0.4, 0.5) is 0 Å². The summed E-state index contributed by atoms with van der Waals surface area (Å²) in [6.45, 7) is 9.00. The van der Waals surface area contributed by atoms with E-state index in [9.17, 15) is 24.9 Å². The van der Waals surface area contributed by atoms with Gasteiger partial charge in [0.25, 0.3) is 0 Å². The average Bonchev–Trinajstić information content (AvgIpc) is 3.05. The van der Waals surface area contributed by atoms with E-state index in [0.29, 0.717) is 5.57 Å². The molecule has 2 aliphatic carbocycles. The molecule has 0 spiro atoms. The van der Waals surface area contributed by atoms with E-state index in [1.54, 1.807) is 6.92 Å². The van der Waals surface area contributed by atoms with Gasteiger partial charge in [-0.1, -0.05) is 24.8 Å². The average molecular weight is 413 g/mol. The van der Waals surface area contributed by atoms with Crippen molar-refractivity contribution in [3.8, 4) is 0 Å². The van der Waals surface area contributed by atoms with Crippen molar-refractivity contribution in [2.24, 2.45) is 17.8 Å². The minimum Gasteiger partial charge on any atom is -0.458 e. The van der Waals surface area contributed by atoms with Crippen molar-refractivity contribution in [2.45, 2.75) is 43.7 Å². The van der Waals surface area contributed by atoms with Gasteiger partial charge in [-0.15, -0.1) is 11.6 Å². The number of allylic oxidation sites excluding steroid dienone is 1. The minimum absolute atomic E-state index is 0.0927. The molecule has 154 valence electrons. The van der Waals surface area contributed by atoms with Gasteiger partial charge in [-0.05, 0) is 19.3 Å². The number of ether oxygens (including phenoxy) is 2. The van der Waals surface area contributed by atoms with Crippen molar-refractivity contribution < 1.29 is 34.4 Å². The summed E-state index contributed by atoms with van der Waals surface area (Å²) < 4.78 is 11.1. The van der Waals surface area contributed by atoms with Gasteiger partial charge < -0.3 is 24.8 Å². The SMILES string of the molecule is C=C1CC(OC(=O)C(=CC)CO)C2C(=C)C(=O)OC2C2C1CC(O)C2(O)CCl. The van der Waals surface area contributed by atoms with Crippen LogP contribution in [-0.2, 0) is 19.1 Å². The monoisotopic (exact) mass is 412 g/mol. The predicted octanol–water partition coefficient (Wildman–Crippen LogP) is 0.861. The number of hydrogen-bond acceptors (Lipinski definition) is 7. The summed E-state index contributed by atoms with van der Waals surface area (Å²) in [4.78, 5) is 24.7. The molecule has 7 unspecified atom stereocenters. The van der Waals surface area contributed by atoms with Crippen molar-refractivity contribution in [1.29, 1.82) is 0 Å². The third-order valence-electron chi connectivity index (χ3n) is 6.32. The lowest BCUT2D eigenvalue weighted by molar-refractivity contribution is -0.155. The van der Waals surface area contributed by atoms with E-state index in [2.05, 4.69) is 13.2 Å². The zero-order valence-corrected chi connectivity index (χ0v) is 16.4. The van der Waals surface area contributed by atoms with E-state index in [0.717, 1.165) is 0 Å². The first-order chi connectivity index (χ1) is 13.2. The summed E-state index contributed by atoms with van der Waals surface area (Å²) in [5, 5.41) is 30.8. The maximum absolute atomic E-state index is 12.4. The topological polar surface area (TPSA) is 113 Å². The van der Waals surface area contributed by atoms with E-state index >= 15 is 0 Å². The van der Waals surface area contributed by atoms with Gasteiger partial charge >= 0.3 is 11.9 Å². The van der Waals surface area contributed by atoms with Crippen molar-refractivity contribution in [3.63, 3.8) is 0 Å². The second kappa shape index (κ2) is 7.63. The molecule has 3 fully saturated rings. The highest BCUT2D eigenvalue weighted by Crippen LogP contribution is 2.55. The lowest BCUT2D eigenvalue weighted by Crippen LogP contribution is -2.52. The van der Waals surface area contributed by atoms with E-state index in [4.69, 9.17) is 21.1 Å². The molecule has 0 radical (unpaired) electrons. The van der Waals surface area contributed by atoms with E-state index < -0.39 is 54.3 Å². The quantitative estimate of drug-likeness (QED) is 0.271. The molecule has 0 amide bonds. The molecule has 3 aliphatic rings. The fourth-order valence-corrected chi connectivity index (χ4v) is 5.11. The molecule has 8 heteroatoms. The third kappa shape index (κ3) is 3.10. The van der Waals surface area contributed by atoms with Gasteiger partial charge in [0.15, 0.2) is 0 Å². The van der Waals surface area contributed by atoms with Crippen LogP contribution in [0.25, 0.3) is 0 Å². The molecule has 7 nitrogen and oxygen atoms in total.